The zero-order valence-corrected chi connectivity index (χ0v) is 12.1. The first kappa shape index (κ1) is 13.8. The van der Waals surface area contributed by atoms with Crippen molar-refractivity contribution in [2.45, 2.75) is 24.2 Å². The number of nitrogens with zero attached hydrogens (tertiary/aromatic N) is 1. The number of hydrogen-bond acceptors (Lipinski definition) is 6. The van der Waals surface area contributed by atoms with Gasteiger partial charge in [0.15, 0.2) is 21.4 Å². The molecule has 1 aliphatic rings. The van der Waals surface area contributed by atoms with Gasteiger partial charge >= 0.3 is 0 Å². The molecule has 0 atom stereocenters. The molecule has 1 heterocycles. The fourth-order valence-corrected chi connectivity index (χ4v) is 3.04. The summed E-state index contributed by atoms with van der Waals surface area (Å²) < 4.78 is 28.2. The number of carbonyl (C=O) groups is 1. The molecule has 0 aliphatic heterocycles. The van der Waals surface area contributed by atoms with Gasteiger partial charge in [-0.05, 0) is 31.0 Å². The Hall–Kier alpha value is -2.15. The van der Waals surface area contributed by atoms with Crippen LogP contribution in [0.3, 0.4) is 0 Å². The number of ketones is 1. The van der Waals surface area contributed by atoms with Crippen molar-refractivity contribution in [1.82, 2.24) is 5.16 Å². The Labute approximate surface area is 121 Å². The van der Waals surface area contributed by atoms with Crippen LogP contribution < -0.4 is 5.11 Å². The van der Waals surface area contributed by atoms with Gasteiger partial charge in [0.25, 0.3) is 0 Å². The lowest BCUT2D eigenvalue weighted by Gasteiger charge is -2.21. The largest absolute Gasteiger partial charge is 0.875 e. The van der Waals surface area contributed by atoms with Gasteiger partial charge in [0, 0.05) is 18.1 Å². The van der Waals surface area contributed by atoms with E-state index in [1.165, 1.54) is 18.2 Å². The zero-order valence-electron chi connectivity index (χ0n) is 11.3. The molecule has 0 saturated heterocycles. The lowest BCUT2D eigenvalue weighted by molar-refractivity contribution is -0.306. The fourth-order valence-electron chi connectivity index (χ4n) is 2.40. The van der Waals surface area contributed by atoms with Crippen LogP contribution in [-0.4, -0.2) is 25.6 Å². The van der Waals surface area contributed by atoms with E-state index in [4.69, 9.17) is 4.52 Å². The van der Waals surface area contributed by atoms with E-state index in [9.17, 15) is 18.3 Å². The predicted molar refractivity (Wildman–Crippen MR) is 72.9 cm³/mol. The van der Waals surface area contributed by atoms with Crippen LogP contribution in [-0.2, 0) is 14.6 Å². The minimum absolute atomic E-state index is 0.0378. The summed E-state index contributed by atoms with van der Waals surface area (Å²) in [5.41, 5.74) is 0.349. The van der Waals surface area contributed by atoms with Crippen molar-refractivity contribution in [2.75, 3.05) is 6.26 Å². The number of carbonyl (C=O) groups excluding carboxylic acids is 1. The van der Waals surface area contributed by atoms with E-state index < -0.39 is 9.84 Å². The first-order valence-electron chi connectivity index (χ1n) is 6.41. The molecule has 0 N–H and O–H groups in total. The standard InChI is InChI=1S/C14H13NO5S/c1-21(18,19)8-5-6-9-10(7-8)15-20-14(9)13-11(16)3-2-4-12(13)17/h5-7,16H,2-4H2,1H3/p-1. The molecule has 0 bridgehead atoms. The van der Waals surface area contributed by atoms with Gasteiger partial charge in [-0.3, -0.25) is 4.79 Å². The Morgan fingerprint density at radius 3 is 2.71 bits per heavy atom. The molecule has 0 saturated carbocycles. The van der Waals surface area contributed by atoms with E-state index in [0.717, 1.165) is 6.26 Å². The summed E-state index contributed by atoms with van der Waals surface area (Å²) in [6.07, 6.45) is 2.26. The number of hydrogen-bond donors (Lipinski definition) is 0. The van der Waals surface area contributed by atoms with E-state index in [0.29, 0.717) is 30.2 Å². The topological polar surface area (TPSA) is 100 Å². The molecular formula is C14H12NO5S-. The molecule has 1 aliphatic carbocycles. The fraction of sp³-hybridized carbons (Fsp3) is 0.286. The number of Topliss-reactive ketones (excluding diaryl/α,β-unsaturated/α-hetero) is 1. The molecule has 0 amide bonds. The minimum atomic E-state index is -3.35. The molecule has 2 aromatic rings. The molecule has 3 rings (SSSR count). The van der Waals surface area contributed by atoms with Crippen molar-refractivity contribution in [3.8, 4) is 0 Å². The van der Waals surface area contributed by atoms with Gasteiger partial charge < -0.3 is 9.63 Å². The number of aromatic nitrogens is 1. The Kier molecular flexibility index (Phi) is 3.09. The maximum Gasteiger partial charge on any atom is 0.177 e. The molecule has 0 spiro atoms. The second-order valence-electron chi connectivity index (χ2n) is 5.04. The van der Waals surface area contributed by atoms with Gasteiger partial charge in [0.1, 0.15) is 5.52 Å². The third-order valence-electron chi connectivity index (χ3n) is 3.47. The minimum Gasteiger partial charge on any atom is -0.875 e. The quantitative estimate of drug-likeness (QED) is 0.822. The van der Waals surface area contributed by atoms with Crippen molar-refractivity contribution in [3.63, 3.8) is 0 Å². The second kappa shape index (κ2) is 4.70. The molecule has 110 valence electrons. The van der Waals surface area contributed by atoms with Crippen LogP contribution in [0.15, 0.2) is 33.4 Å². The first-order chi connectivity index (χ1) is 9.88. The van der Waals surface area contributed by atoms with Gasteiger partial charge in [-0.15, -0.1) is 5.76 Å². The monoisotopic (exact) mass is 306 g/mol. The van der Waals surface area contributed by atoms with Gasteiger partial charge in [-0.2, -0.15) is 0 Å². The molecule has 21 heavy (non-hydrogen) atoms. The number of sulfone groups is 1. The van der Waals surface area contributed by atoms with Crippen molar-refractivity contribution in [1.29, 1.82) is 0 Å². The van der Waals surface area contributed by atoms with Gasteiger partial charge in [0.2, 0.25) is 0 Å². The van der Waals surface area contributed by atoms with E-state index in [1.54, 1.807) is 0 Å². The van der Waals surface area contributed by atoms with E-state index in [-0.39, 0.29) is 27.8 Å². The summed E-state index contributed by atoms with van der Waals surface area (Å²) in [7, 11) is -3.35. The van der Waals surface area contributed by atoms with Crippen LogP contribution in [0.5, 0.6) is 0 Å². The Bertz CT molecular complexity index is 876. The molecule has 1 aromatic carbocycles. The Morgan fingerprint density at radius 2 is 2.05 bits per heavy atom. The SMILES string of the molecule is CS(=O)(=O)c1ccc2c(C3=C([O-])CCCC3=O)onc2c1. The van der Waals surface area contributed by atoms with Crippen LogP contribution in [0.25, 0.3) is 16.5 Å². The van der Waals surface area contributed by atoms with Gasteiger partial charge in [-0.1, -0.05) is 5.16 Å². The van der Waals surface area contributed by atoms with Crippen LogP contribution >= 0.6 is 0 Å². The predicted octanol–water partition coefficient (Wildman–Crippen LogP) is 1.06. The highest BCUT2D eigenvalue weighted by molar-refractivity contribution is 7.90. The number of rotatable bonds is 2. The van der Waals surface area contributed by atoms with Crippen LogP contribution in [0.4, 0.5) is 0 Å². The normalized spacial score (nSPS) is 16.7. The molecule has 6 nitrogen and oxygen atoms in total. The van der Waals surface area contributed by atoms with Crippen LogP contribution in [0, 0.1) is 0 Å². The van der Waals surface area contributed by atoms with Crippen molar-refractivity contribution < 1.29 is 22.8 Å². The lowest BCUT2D eigenvalue weighted by Crippen LogP contribution is -2.17. The van der Waals surface area contributed by atoms with Crippen molar-refractivity contribution in [2.24, 2.45) is 0 Å². The van der Waals surface area contributed by atoms with E-state index >= 15 is 0 Å². The molecule has 7 heteroatoms. The maximum atomic E-state index is 11.9. The highest BCUT2D eigenvalue weighted by atomic mass is 32.2. The smallest absolute Gasteiger partial charge is 0.177 e. The molecular weight excluding hydrogens is 294 g/mol. The molecule has 0 fully saturated rings. The second-order valence-corrected chi connectivity index (χ2v) is 7.05. The highest BCUT2D eigenvalue weighted by Crippen LogP contribution is 2.32. The van der Waals surface area contributed by atoms with E-state index in [1.807, 2.05) is 0 Å². The number of allylic oxidation sites excluding steroid dienone is 2. The number of fused-ring (bicyclic) bond motifs is 1. The van der Waals surface area contributed by atoms with Crippen LogP contribution in [0.2, 0.25) is 0 Å². The average molecular weight is 306 g/mol. The van der Waals surface area contributed by atoms with Gasteiger partial charge in [-0.25, -0.2) is 8.42 Å². The van der Waals surface area contributed by atoms with Gasteiger partial charge in [0.05, 0.1) is 10.5 Å². The molecule has 1 aromatic heterocycles. The van der Waals surface area contributed by atoms with Crippen LogP contribution in [0.1, 0.15) is 25.0 Å². The summed E-state index contributed by atoms with van der Waals surface area (Å²) in [4.78, 5) is 12.0. The molecule has 0 unspecified atom stereocenters. The lowest BCUT2D eigenvalue weighted by atomic mass is 9.93. The summed E-state index contributed by atoms with van der Waals surface area (Å²) in [5.74, 6) is -0.368. The third-order valence-corrected chi connectivity index (χ3v) is 4.58. The Balaban J connectivity index is 2.20. The first-order valence-corrected chi connectivity index (χ1v) is 8.30. The average Bonchev–Trinajstić information content (AvgIpc) is 2.81. The summed E-state index contributed by atoms with van der Waals surface area (Å²) in [6, 6.07) is 4.30. The van der Waals surface area contributed by atoms with Crippen molar-refractivity contribution in [3.05, 3.63) is 29.7 Å². The molecule has 0 radical (unpaired) electrons. The van der Waals surface area contributed by atoms with E-state index in [2.05, 4.69) is 5.16 Å². The zero-order chi connectivity index (χ0) is 15.2. The Morgan fingerprint density at radius 1 is 1.29 bits per heavy atom. The van der Waals surface area contributed by atoms with Crippen molar-refractivity contribution >= 4 is 32.1 Å². The summed E-state index contributed by atoms with van der Waals surface area (Å²) >= 11 is 0. The summed E-state index contributed by atoms with van der Waals surface area (Å²) in [6.45, 7) is 0. The summed E-state index contributed by atoms with van der Waals surface area (Å²) in [5, 5.41) is 16.2. The third kappa shape index (κ3) is 2.33. The highest BCUT2D eigenvalue weighted by Gasteiger charge is 2.23. The number of benzene rings is 1. The maximum absolute atomic E-state index is 11.9.